The van der Waals surface area contributed by atoms with Gasteiger partial charge in [-0.3, -0.25) is 9.59 Å². The van der Waals surface area contributed by atoms with E-state index in [0.29, 0.717) is 103 Å². The second-order valence-corrected chi connectivity index (χ2v) is 20.2. The van der Waals surface area contributed by atoms with Crippen LogP contribution in [0, 0.1) is 5.92 Å². The Kier molecular flexibility index (Phi) is 37.3. The van der Waals surface area contributed by atoms with E-state index in [4.69, 9.17) is 37.9 Å². The van der Waals surface area contributed by atoms with Gasteiger partial charge in [-0.1, -0.05) is 165 Å². The molecule has 78 heavy (non-hydrogen) atoms. The van der Waals surface area contributed by atoms with Crippen molar-refractivity contribution in [2.75, 3.05) is 39.6 Å². The van der Waals surface area contributed by atoms with Crippen molar-refractivity contribution in [1.82, 2.24) is 0 Å². The lowest BCUT2D eigenvalue weighted by Gasteiger charge is -2.45. The summed E-state index contributed by atoms with van der Waals surface area (Å²) in [5.74, 6) is -11.7. The number of ether oxygens (including phenoxy) is 8. The van der Waals surface area contributed by atoms with Gasteiger partial charge in [0, 0.05) is 6.42 Å². The molecule has 1 aromatic rings. The van der Waals surface area contributed by atoms with Gasteiger partial charge in [0.2, 0.25) is 22.9 Å². The molecular weight excluding hydrogens is 1010 g/mol. The van der Waals surface area contributed by atoms with Crippen LogP contribution in [0.5, 0.6) is 0 Å². The molecule has 1 rings (SSSR count). The summed E-state index contributed by atoms with van der Waals surface area (Å²) in [5.41, 5.74) is -9.81. The molecule has 446 valence electrons. The molecule has 0 saturated carbocycles. The molecule has 1 aromatic carbocycles. The molecule has 5 atom stereocenters. The average Bonchev–Trinajstić information content (AvgIpc) is 3.42. The number of aliphatic hydroxyl groups is 2. The highest BCUT2D eigenvalue weighted by atomic mass is 16.6. The Hall–Kier alpha value is -5.10. The number of hydrogen-bond donors (Lipinski definition) is 2. The number of unbranched alkanes of at least 4 members (excludes halogenated alkanes) is 16. The molecule has 0 radical (unpaired) electrons. The van der Waals surface area contributed by atoms with Gasteiger partial charge in [-0.2, -0.15) is 0 Å². The SMILES string of the molecule is CCCCCCCCC(C(=O)OCCCC)C(O)(C(=O)OCCCC)C(CCCCCCCC)(OC(=O)c1ccc(C(=O)OC(C(=O)OCCCC)C(O)(CC(=O)OCCCC)C(=O)OCCCC)cc1)C(=O)OCCCC. The lowest BCUT2D eigenvalue weighted by atomic mass is 9.68. The first-order valence-corrected chi connectivity index (χ1v) is 29.5. The number of rotatable bonds is 46. The molecule has 0 aliphatic rings. The number of hydrogen-bond acceptors (Lipinski definition) is 18. The van der Waals surface area contributed by atoms with Crippen LogP contribution in [0.2, 0.25) is 0 Å². The van der Waals surface area contributed by atoms with Gasteiger partial charge in [-0.05, 0) is 75.6 Å². The molecule has 0 aromatic heterocycles. The average molecular weight is 1110 g/mol. The first-order chi connectivity index (χ1) is 37.5. The third kappa shape index (κ3) is 23.7. The molecule has 0 saturated heterocycles. The van der Waals surface area contributed by atoms with Gasteiger partial charge in [-0.25, -0.2) is 28.8 Å². The predicted octanol–water partition coefficient (Wildman–Crippen LogP) is 11.1. The second kappa shape index (κ2) is 41.0. The van der Waals surface area contributed by atoms with Crippen LogP contribution in [0.3, 0.4) is 0 Å². The fourth-order valence-corrected chi connectivity index (χ4v) is 8.43. The van der Waals surface area contributed by atoms with Gasteiger partial charge in [0.15, 0.2) is 0 Å². The fraction of sp³-hybridized carbons (Fsp3) is 0.767. The van der Waals surface area contributed by atoms with E-state index in [1.54, 1.807) is 0 Å². The number of carbonyl (C=O) groups is 8. The molecule has 0 aliphatic heterocycles. The molecule has 5 unspecified atom stereocenters. The van der Waals surface area contributed by atoms with E-state index < -0.39 is 89.4 Å². The monoisotopic (exact) mass is 1110 g/mol. The quantitative estimate of drug-likeness (QED) is 0.0350. The van der Waals surface area contributed by atoms with Crippen molar-refractivity contribution in [3.8, 4) is 0 Å². The summed E-state index contributed by atoms with van der Waals surface area (Å²) in [6, 6.07) is 4.44. The number of esters is 8. The van der Waals surface area contributed by atoms with E-state index in [-0.39, 0.29) is 63.6 Å². The fourth-order valence-electron chi connectivity index (χ4n) is 8.43. The second-order valence-electron chi connectivity index (χ2n) is 20.2. The van der Waals surface area contributed by atoms with Gasteiger partial charge in [0.05, 0.1) is 57.2 Å². The van der Waals surface area contributed by atoms with Gasteiger partial charge in [0.1, 0.15) is 5.92 Å². The zero-order valence-corrected chi connectivity index (χ0v) is 48.7. The first kappa shape index (κ1) is 70.9. The summed E-state index contributed by atoms with van der Waals surface area (Å²) in [6.07, 6.45) is 10.7. The van der Waals surface area contributed by atoms with Crippen LogP contribution < -0.4 is 0 Å². The van der Waals surface area contributed by atoms with Gasteiger partial charge in [0.25, 0.3) is 0 Å². The van der Waals surface area contributed by atoms with Crippen molar-refractivity contribution >= 4 is 47.8 Å². The molecule has 0 heterocycles. The Morgan fingerprint density at radius 2 is 0.808 bits per heavy atom. The molecular formula is C60H98O18. The molecule has 2 N–H and O–H groups in total. The zero-order chi connectivity index (χ0) is 58.2. The molecule has 0 amide bonds. The summed E-state index contributed by atoms with van der Waals surface area (Å²) in [4.78, 5) is 114. The molecule has 0 bridgehead atoms. The van der Waals surface area contributed by atoms with Crippen molar-refractivity contribution in [2.45, 2.75) is 252 Å². The Labute approximate surface area is 465 Å². The Morgan fingerprint density at radius 1 is 0.423 bits per heavy atom. The summed E-state index contributed by atoms with van der Waals surface area (Å²) >= 11 is 0. The number of carbonyl (C=O) groups excluding carboxylic acids is 8. The van der Waals surface area contributed by atoms with Crippen LogP contribution in [0.1, 0.15) is 249 Å². The topological polar surface area (TPSA) is 251 Å². The minimum atomic E-state index is -3.18. The van der Waals surface area contributed by atoms with E-state index in [9.17, 15) is 43.8 Å². The summed E-state index contributed by atoms with van der Waals surface area (Å²) in [6.45, 7) is 14.5. The molecule has 0 fully saturated rings. The van der Waals surface area contributed by atoms with Crippen molar-refractivity contribution in [1.29, 1.82) is 0 Å². The Morgan fingerprint density at radius 3 is 1.29 bits per heavy atom. The van der Waals surface area contributed by atoms with E-state index in [2.05, 4.69) is 13.8 Å². The number of benzene rings is 1. The van der Waals surface area contributed by atoms with E-state index in [0.717, 1.165) is 69.2 Å². The smallest absolute Gasteiger partial charge is 0.354 e. The lowest BCUT2D eigenvalue weighted by Crippen LogP contribution is -2.71. The largest absolute Gasteiger partial charge is 0.466 e. The van der Waals surface area contributed by atoms with Crippen LogP contribution in [-0.4, -0.2) is 121 Å². The zero-order valence-electron chi connectivity index (χ0n) is 48.7. The highest BCUT2D eigenvalue weighted by Gasteiger charge is 2.70. The maximum Gasteiger partial charge on any atom is 0.354 e. The maximum atomic E-state index is 15.1. The van der Waals surface area contributed by atoms with Crippen molar-refractivity contribution in [2.24, 2.45) is 5.92 Å². The van der Waals surface area contributed by atoms with Crippen LogP contribution in [0.15, 0.2) is 24.3 Å². The van der Waals surface area contributed by atoms with Gasteiger partial charge >= 0.3 is 47.8 Å². The van der Waals surface area contributed by atoms with Crippen LogP contribution in [0.25, 0.3) is 0 Å². The van der Waals surface area contributed by atoms with Crippen molar-refractivity contribution in [3.05, 3.63) is 35.4 Å². The lowest BCUT2D eigenvalue weighted by molar-refractivity contribution is -0.230. The van der Waals surface area contributed by atoms with E-state index in [1.165, 1.54) is 0 Å². The Balaban J connectivity index is 4.19. The minimum Gasteiger partial charge on any atom is -0.466 e. The maximum absolute atomic E-state index is 15.1. The summed E-state index contributed by atoms with van der Waals surface area (Å²) in [7, 11) is 0. The van der Waals surface area contributed by atoms with Crippen LogP contribution >= 0.6 is 0 Å². The van der Waals surface area contributed by atoms with Crippen LogP contribution in [0.4, 0.5) is 0 Å². The normalized spacial score (nSPS) is 14.3. The Bertz CT molecular complexity index is 1900. The van der Waals surface area contributed by atoms with Crippen molar-refractivity contribution in [3.63, 3.8) is 0 Å². The molecule has 18 heteroatoms. The predicted molar refractivity (Wildman–Crippen MR) is 293 cm³/mol. The highest BCUT2D eigenvalue weighted by Crippen LogP contribution is 2.44. The summed E-state index contributed by atoms with van der Waals surface area (Å²) in [5, 5.41) is 25.5. The van der Waals surface area contributed by atoms with Gasteiger partial charge in [-0.15, -0.1) is 0 Å². The van der Waals surface area contributed by atoms with Crippen LogP contribution in [-0.2, 0) is 66.7 Å². The van der Waals surface area contributed by atoms with Gasteiger partial charge < -0.3 is 48.1 Å². The van der Waals surface area contributed by atoms with E-state index >= 15 is 4.79 Å². The van der Waals surface area contributed by atoms with E-state index in [1.807, 2.05) is 41.5 Å². The minimum absolute atomic E-state index is 0.0437. The highest BCUT2D eigenvalue weighted by molar-refractivity contribution is 6.01. The first-order valence-electron chi connectivity index (χ1n) is 29.5. The third-order valence-electron chi connectivity index (χ3n) is 13.5. The molecule has 18 nitrogen and oxygen atoms in total. The van der Waals surface area contributed by atoms with Crippen molar-refractivity contribution < 1.29 is 86.5 Å². The molecule has 0 aliphatic carbocycles. The summed E-state index contributed by atoms with van der Waals surface area (Å²) < 4.78 is 45.1. The third-order valence-corrected chi connectivity index (χ3v) is 13.5. The molecule has 0 spiro atoms. The standard InChI is InChI=1S/C60H98O18/c1-9-17-25-27-29-31-33-48(53(64)72-40-20-12-4)60(70,57(68)76-44-24-16-8)59(56(67)75-43-23-15-7,38-32-30-28-26-18-10-2)78-52(63)47-36-34-46(35-37-47)51(62)77-50(54(65)73-41-21-13-5)58(69,55(66)74-42-22-14-6)45-49(61)71-39-19-11-3/h34-37,48,50,69-70H,9-33,38-45H2,1-8H3.